The minimum Gasteiger partial charge on any atom is -0.352 e. The van der Waals surface area contributed by atoms with E-state index >= 15 is 0 Å². The van der Waals surface area contributed by atoms with Gasteiger partial charge in [0.2, 0.25) is 5.56 Å². The predicted molar refractivity (Wildman–Crippen MR) is 62.5 cm³/mol. The van der Waals surface area contributed by atoms with Gasteiger partial charge < -0.3 is 10.3 Å². The topological polar surface area (TPSA) is 62.0 Å². The molecular weight excluding hydrogens is 223 g/mol. The van der Waals surface area contributed by atoms with Gasteiger partial charge in [-0.25, -0.2) is 4.39 Å². The van der Waals surface area contributed by atoms with Crippen LogP contribution in [-0.4, -0.2) is 17.4 Å². The molecule has 0 atom stereocenters. The van der Waals surface area contributed by atoms with Gasteiger partial charge in [-0.05, 0) is 25.1 Å². The van der Waals surface area contributed by atoms with Crippen molar-refractivity contribution in [2.75, 3.05) is 6.54 Å². The lowest BCUT2D eigenvalue weighted by Gasteiger charge is -2.06. The Hall–Kier alpha value is -2.17. The molecule has 0 spiro atoms. The molecule has 5 heteroatoms. The van der Waals surface area contributed by atoms with Crippen LogP contribution in [0.25, 0.3) is 10.9 Å². The molecule has 1 aromatic carbocycles. The summed E-state index contributed by atoms with van der Waals surface area (Å²) in [6.07, 6.45) is 0. The Morgan fingerprint density at radius 2 is 2.18 bits per heavy atom. The summed E-state index contributed by atoms with van der Waals surface area (Å²) in [5.74, 6) is -0.829. The third-order valence-electron chi connectivity index (χ3n) is 2.39. The maximum atomic E-state index is 13.1. The molecule has 1 heterocycles. The number of carbonyl (C=O) groups excluding carboxylic acids is 1. The number of amides is 1. The quantitative estimate of drug-likeness (QED) is 0.825. The highest BCUT2D eigenvalue weighted by atomic mass is 19.1. The first kappa shape index (κ1) is 11.3. The number of aromatic nitrogens is 1. The Bertz CT molecular complexity index is 634. The van der Waals surface area contributed by atoms with E-state index in [0.29, 0.717) is 17.4 Å². The molecular formula is C12H11FN2O2. The monoisotopic (exact) mass is 234 g/mol. The van der Waals surface area contributed by atoms with Crippen LogP contribution in [0.3, 0.4) is 0 Å². The smallest absolute Gasteiger partial charge is 0.252 e. The number of rotatable bonds is 2. The first-order chi connectivity index (χ1) is 8.11. The number of halogens is 1. The first-order valence-corrected chi connectivity index (χ1v) is 5.22. The fourth-order valence-electron chi connectivity index (χ4n) is 1.67. The molecule has 0 radical (unpaired) electrons. The summed E-state index contributed by atoms with van der Waals surface area (Å²) in [4.78, 5) is 25.7. The van der Waals surface area contributed by atoms with E-state index in [1.165, 1.54) is 24.3 Å². The van der Waals surface area contributed by atoms with E-state index in [1.54, 1.807) is 6.92 Å². The van der Waals surface area contributed by atoms with Gasteiger partial charge >= 0.3 is 0 Å². The number of H-pyrrole nitrogens is 1. The zero-order chi connectivity index (χ0) is 12.4. The van der Waals surface area contributed by atoms with E-state index in [2.05, 4.69) is 10.3 Å². The molecule has 0 saturated carbocycles. The molecule has 1 aromatic heterocycles. The van der Waals surface area contributed by atoms with Gasteiger partial charge in [-0.2, -0.15) is 0 Å². The van der Waals surface area contributed by atoms with Crippen molar-refractivity contribution in [3.63, 3.8) is 0 Å². The average Bonchev–Trinajstić information content (AvgIpc) is 2.29. The van der Waals surface area contributed by atoms with Crippen molar-refractivity contribution in [3.8, 4) is 0 Å². The average molecular weight is 234 g/mol. The number of fused-ring (bicyclic) bond motifs is 1. The standard InChI is InChI=1S/C12H11FN2O2/c1-2-14-12(17)9-6-11(16)15-10-4-3-7(13)5-8(9)10/h3-6H,2H2,1H3,(H,14,17)(H,15,16). The van der Waals surface area contributed by atoms with E-state index in [4.69, 9.17) is 0 Å². The lowest BCUT2D eigenvalue weighted by Crippen LogP contribution is -2.24. The second-order valence-corrected chi connectivity index (χ2v) is 3.60. The molecule has 0 unspecified atom stereocenters. The molecule has 0 aliphatic carbocycles. The highest BCUT2D eigenvalue weighted by molar-refractivity contribution is 6.05. The van der Waals surface area contributed by atoms with Gasteiger partial charge in [0.05, 0.1) is 5.56 Å². The maximum absolute atomic E-state index is 13.1. The van der Waals surface area contributed by atoms with Crippen LogP contribution < -0.4 is 10.9 Å². The van der Waals surface area contributed by atoms with Crippen molar-refractivity contribution < 1.29 is 9.18 Å². The molecule has 88 valence electrons. The lowest BCUT2D eigenvalue weighted by atomic mass is 10.1. The Morgan fingerprint density at radius 1 is 1.41 bits per heavy atom. The zero-order valence-corrected chi connectivity index (χ0v) is 9.21. The minimum absolute atomic E-state index is 0.185. The third kappa shape index (κ3) is 2.18. The summed E-state index contributed by atoms with van der Waals surface area (Å²) in [5, 5.41) is 2.99. The van der Waals surface area contributed by atoms with Gasteiger partial charge in [0.1, 0.15) is 5.82 Å². The van der Waals surface area contributed by atoms with Crippen LogP contribution in [-0.2, 0) is 0 Å². The van der Waals surface area contributed by atoms with E-state index in [-0.39, 0.29) is 17.0 Å². The molecule has 2 N–H and O–H groups in total. The highest BCUT2D eigenvalue weighted by Gasteiger charge is 2.11. The SMILES string of the molecule is CCNC(=O)c1cc(=O)[nH]c2ccc(F)cc12. The van der Waals surface area contributed by atoms with Crippen LogP contribution in [0, 0.1) is 5.82 Å². The van der Waals surface area contributed by atoms with E-state index in [9.17, 15) is 14.0 Å². The van der Waals surface area contributed by atoms with Crippen molar-refractivity contribution in [2.24, 2.45) is 0 Å². The predicted octanol–water partition coefficient (Wildman–Crippen LogP) is 1.42. The second kappa shape index (κ2) is 4.37. The van der Waals surface area contributed by atoms with E-state index < -0.39 is 5.82 Å². The summed E-state index contributed by atoms with van der Waals surface area (Å²) in [7, 11) is 0. The number of hydrogen-bond acceptors (Lipinski definition) is 2. The summed E-state index contributed by atoms with van der Waals surface area (Å²) >= 11 is 0. The number of pyridine rings is 1. The largest absolute Gasteiger partial charge is 0.352 e. The summed E-state index contributed by atoms with van der Waals surface area (Å²) < 4.78 is 13.1. The molecule has 17 heavy (non-hydrogen) atoms. The molecule has 2 rings (SSSR count). The number of benzene rings is 1. The van der Waals surface area contributed by atoms with Crippen molar-refractivity contribution in [3.05, 3.63) is 46.0 Å². The maximum Gasteiger partial charge on any atom is 0.252 e. The fraction of sp³-hybridized carbons (Fsp3) is 0.167. The Kier molecular flexibility index (Phi) is 2.91. The van der Waals surface area contributed by atoms with Gasteiger partial charge in [-0.3, -0.25) is 9.59 Å². The second-order valence-electron chi connectivity index (χ2n) is 3.60. The van der Waals surface area contributed by atoms with Crippen LogP contribution in [0.2, 0.25) is 0 Å². The number of nitrogens with one attached hydrogen (secondary N) is 2. The zero-order valence-electron chi connectivity index (χ0n) is 9.21. The normalized spacial score (nSPS) is 10.5. The number of carbonyl (C=O) groups is 1. The van der Waals surface area contributed by atoms with Crippen molar-refractivity contribution in [1.82, 2.24) is 10.3 Å². The Balaban J connectivity index is 2.71. The van der Waals surface area contributed by atoms with Crippen LogP contribution in [0.15, 0.2) is 29.1 Å². The molecule has 0 aliphatic heterocycles. The minimum atomic E-state index is -0.449. The van der Waals surface area contributed by atoms with Gasteiger partial charge in [0.25, 0.3) is 5.91 Å². The van der Waals surface area contributed by atoms with Crippen LogP contribution in [0.5, 0.6) is 0 Å². The molecule has 4 nitrogen and oxygen atoms in total. The van der Waals surface area contributed by atoms with Crippen LogP contribution >= 0.6 is 0 Å². The van der Waals surface area contributed by atoms with Crippen LogP contribution in [0.1, 0.15) is 17.3 Å². The summed E-state index contributed by atoms with van der Waals surface area (Å²) in [6, 6.07) is 5.08. The molecule has 2 aromatic rings. The lowest BCUT2D eigenvalue weighted by molar-refractivity contribution is 0.0957. The van der Waals surface area contributed by atoms with Crippen molar-refractivity contribution in [2.45, 2.75) is 6.92 Å². The Labute approximate surface area is 96.5 Å². The summed E-state index contributed by atoms with van der Waals surface area (Å²) in [5.41, 5.74) is 0.246. The number of aromatic amines is 1. The number of hydrogen-bond donors (Lipinski definition) is 2. The molecule has 0 bridgehead atoms. The van der Waals surface area contributed by atoms with Gasteiger partial charge in [0.15, 0.2) is 0 Å². The van der Waals surface area contributed by atoms with Crippen molar-refractivity contribution >= 4 is 16.8 Å². The Morgan fingerprint density at radius 3 is 2.88 bits per heavy atom. The van der Waals surface area contributed by atoms with Gasteiger partial charge in [-0.1, -0.05) is 0 Å². The summed E-state index contributed by atoms with van der Waals surface area (Å²) in [6.45, 7) is 2.22. The molecule has 0 aliphatic rings. The van der Waals surface area contributed by atoms with Crippen molar-refractivity contribution in [1.29, 1.82) is 0 Å². The molecule has 0 saturated heterocycles. The van der Waals surface area contributed by atoms with Crippen LogP contribution in [0.4, 0.5) is 4.39 Å². The molecule has 0 fully saturated rings. The van der Waals surface area contributed by atoms with Gasteiger partial charge in [0, 0.05) is 23.5 Å². The first-order valence-electron chi connectivity index (χ1n) is 5.22. The van der Waals surface area contributed by atoms with E-state index in [1.807, 2.05) is 0 Å². The fourth-order valence-corrected chi connectivity index (χ4v) is 1.67. The van der Waals surface area contributed by atoms with E-state index in [0.717, 1.165) is 0 Å². The highest BCUT2D eigenvalue weighted by Crippen LogP contribution is 2.16. The molecule has 1 amide bonds. The van der Waals surface area contributed by atoms with Gasteiger partial charge in [-0.15, -0.1) is 0 Å². The third-order valence-corrected chi connectivity index (χ3v) is 2.39.